The van der Waals surface area contributed by atoms with Crippen LogP contribution in [0.2, 0.25) is 0 Å². The molecule has 0 N–H and O–H groups in total. The first-order valence-electron chi connectivity index (χ1n) is 50.0. The normalized spacial score (nSPS) is 12.3. The van der Waals surface area contributed by atoms with Crippen molar-refractivity contribution in [3.8, 4) is 102 Å². The summed E-state index contributed by atoms with van der Waals surface area (Å²) in [6.07, 6.45) is 3.62. The van der Waals surface area contributed by atoms with Gasteiger partial charge in [-0.3, -0.25) is 0 Å². The summed E-state index contributed by atoms with van der Waals surface area (Å²) in [7, 11) is 0. The van der Waals surface area contributed by atoms with Crippen LogP contribution in [0.5, 0.6) is 0 Å². The molecule has 0 fully saturated rings. The fourth-order valence-electron chi connectivity index (χ4n) is 23.3. The quantitative estimate of drug-likeness (QED) is 0.133. The van der Waals surface area contributed by atoms with Crippen molar-refractivity contribution < 1.29 is 0 Å². The minimum Gasteiger partial charge on any atom is -0.309 e. The largest absolute Gasteiger partial charge is 0.309 e. The average molecular weight is 1880 g/mol. The predicted octanol–water partition coefficient (Wildman–Crippen LogP) is 34.1. The zero-order valence-electron chi connectivity index (χ0n) is 80.1. The SMILES string of the molecule is CC1(C)c2ccccc2-c2cc(-c3nc(-c4ccc(-n5c6ccccc6c6cc7ccccc7cc65)cc4)nc4ncccc34)ccc21.c1ccc(-c2nc(-c3ccc(-n4c5ccccc5c5cc6ccccc6cc54)c4ccccc34)c3ccccc3n2)cc1.c1ccc(-n2c3ccccc3c3cc(-c4nc(-c5ccc(-n6c7ccccc7c7cc8ccccc8cc76)c6ccccc56)nc5ncccc45)ccc32)cc1. The number of nitrogens with zero attached hydrogens (tertiary/aromatic N) is 12. The monoisotopic (exact) mass is 1870 g/mol. The van der Waals surface area contributed by atoms with Gasteiger partial charge in [0.15, 0.2) is 28.8 Å². The first-order valence-corrected chi connectivity index (χ1v) is 50.0. The number of hydrogen-bond acceptors (Lipinski definition) is 8. The number of rotatable bonds is 10. The maximum absolute atomic E-state index is 5.41. The van der Waals surface area contributed by atoms with Gasteiger partial charge in [-0.15, -0.1) is 0 Å². The maximum atomic E-state index is 5.41. The lowest BCUT2D eigenvalue weighted by molar-refractivity contribution is 0.660. The van der Waals surface area contributed by atoms with Gasteiger partial charge in [-0.2, -0.15) is 0 Å². The highest BCUT2D eigenvalue weighted by molar-refractivity contribution is 6.20. The van der Waals surface area contributed by atoms with Gasteiger partial charge in [-0.05, 0) is 229 Å². The molecule has 0 amide bonds. The van der Waals surface area contributed by atoms with Crippen LogP contribution >= 0.6 is 0 Å². The van der Waals surface area contributed by atoms with Crippen LogP contribution < -0.4 is 0 Å². The number of para-hydroxylation sites is 6. The van der Waals surface area contributed by atoms with Crippen LogP contribution in [0, 0.1) is 0 Å². The fraction of sp³-hybridized carbons (Fsp3) is 0.0222. The zero-order valence-corrected chi connectivity index (χ0v) is 80.1. The lowest BCUT2D eigenvalue weighted by atomic mass is 9.82. The molecule has 0 spiro atoms. The van der Waals surface area contributed by atoms with Crippen molar-refractivity contribution in [2.75, 3.05) is 0 Å². The molecule has 0 aliphatic heterocycles. The van der Waals surface area contributed by atoms with Gasteiger partial charge in [0.2, 0.25) is 0 Å². The number of benzene rings is 21. The summed E-state index contributed by atoms with van der Waals surface area (Å²) in [5, 5.41) is 24.7. The Bertz CT molecular complexity index is 10700. The van der Waals surface area contributed by atoms with E-state index in [4.69, 9.17) is 34.9 Å². The van der Waals surface area contributed by atoms with E-state index in [1.54, 1.807) is 6.20 Å². The molecule has 147 heavy (non-hydrogen) atoms. The standard InChI is InChI=1S/C51H31N5.C44H30N4.C40H25N3/c1-2-15-35(16-3-1)55-44-22-10-8-19-38(44)42-30-34(24-26-47(42)55)49-41-21-12-28-52-50(41)54-51(53-49)40-25-27-46(37-18-7-6-17-36(37)40)56-45-23-11-9-20-39(45)43-29-32-13-4-5-14-33(32)31-48(43)56;1-44(2)37-15-7-5-12-32(37)35-25-30(19-22-38(35)44)41-34-14-9-23-45-43(34)47-42(46-41)27-17-20-31(21-18-27)48-39-16-8-6-13-33(39)36-24-28-10-3-4-11-29(28)26-40(36)48;1-2-12-26(13-3-1)40-41-35-20-10-8-19-33(35)39(42-40)32-22-23-37(30-17-7-6-16-29(30)32)43-36-21-11-9-18-31(36)34-24-27-14-4-5-15-28(27)25-38(34)43/h1-31H;3-26H,1-2H3;1-25H. The Balaban J connectivity index is 0.000000105. The topological polar surface area (TPSA) is 123 Å². The molecule has 0 unspecified atom stereocenters. The van der Waals surface area contributed by atoms with Gasteiger partial charge in [0.05, 0.1) is 78.1 Å². The van der Waals surface area contributed by atoms with E-state index in [9.17, 15) is 0 Å². The molecule has 0 radical (unpaired) electrons. The van der Waals surface area contributed by atoms with Crippen LogP contribution in [0.1, 0.15) is 25.0 Å². The van der Waals surface area contributed by atoms with Crippen molar-refractivity contribution >= 4 is 174 Å². The highest BCUT2D eigenvalue weighted by Crippen LogP contribution is 2.52. The van der Waals surface area contributed by atoms with E-state index in [0.717, 1.165) is 122 Å². The number of hydrogen-bond donors (Lipinski definition) is 0. The third-order valence-corrected chi connectivity index (χ3v) is 30.2. The molecule has 21 aromatic carbocycles. The highest BCUT2D eigenvalue weighted by Gasteiger charge is 2.36. The fourth-order valence-corrected chi connectivity index (χ4v) is 23.3. The smallest absolute Gasteiger partial charge is 0.163 e. The summed E-state index contributed by atoms with van der Waals surface area (Å²) in [5.41, 5.74) is 30.3. The second-order valence-electron chi connectivity index (χ2n) is 38.8. The molecular weight excluding hydrogens is 1790 g/mol. The van der Waals surface area contributed by atoms with Gasteiger partial charge in [0.25, 0.3) is 0 Å². The Labute approximate surface area is 844 Å². The van der Waals surface area contributed by atoms with Crippen molar-refractivity contribution in [2.24, 2.45) is 0 Å². The van der Waals surface area contributed by atoms with E-state index in [1.165, 1.54) is 142 Å². The van der Waals surface area contributed by atoms with Gasteiger partial charge in [0, 0.05) is 133 Å². The van der Waals surface area contributed by atoms with Crippen LogP contribution in [0.4, 0.5) is 0 Å². The van der Waals surface area contributed by atoms with E-state index in [-0.39, 0.29) is 5.41 Å². The minimum atomic E-state index is -0.0455. The Morgan fingerprint density at radius 1 is 0.184 bits per heavy atom. The molecule has 1 aliphatic carbocycles. The highest BCUT2D eigenvalue weighted by atomic mass is 15.0. The third kappa shape index (κ3) is 13.7. The van der Waals surface area contributed by atoms with Gasteiger partial charge < -0.3 is 18.3 Å². The molecule has 1 aliphatic rings. The Morgan fingerprint density at radius 2 is 0.544 bits per heavy atom. The lowest BCUT2D eigenvalue weighted by Crippen LogP contribution is -2.14. The van der Waals surface area contributed by atoms with Crippen molar-refractivity contribution in [3.05, 3.63) is 497 Å². The molecule has 0 bridgehead atoms. The van der Waals surface area contributed by atoms with Crippen LogP contribution in [-0.2, 0) is 5.41 Å². The molecule has 12 heteroatoms. The van der Waals surface area contributed by atoms with Gasteiger partial charge in [-0.1, -0.05) is 323 Å². The van der Waals surface area contributed by atoms with Crippen molar-refractivity contribution in [1.29, 1.82) is 0 Å². The van der Waals surface area contributed by atoms with E-state index in [2.05, 4.69) is 474 Å². The number of fused-ring (bicyclic) bond motifs is 23. The summed E-state index contributed by atoms with van der Waals surface area (Å²) in [6, 6.07) is 169. The minimum absolute atomic E-state index is 0.0455. The summed E-state index contributed by atoms with van der Waals surface area (Å²) < 4.78 is 9.54. The van der Waals surface area contributed by atoms with E-state index >= 15 is 0 Å². The van der Waals surface area contributed by atoms with E-state index in [0.29, 0.717) is 22.9 Å². The molecule has 12 nitrogen and oxygen atoms in total. The Morgan fingerprint density at radius 3 is 1.10 bits per heavy atom. The third-order valence-electron chi connectivity index (χ3n) is 30.2. The molecular formula is C135H86N12. The van der Waals surface area contributed by atoms with Crippen molar-refractivity contribution in [2.45, 2.75) is 19.3 Å². The molecule has 31 rings (SSSR count). The molecule has 9 aromatic heterocycles. The van der Waals surface area contributed by atoms with Gasteiger partial charge in [-0.25, -0.2) is 39.9 Å². The predicted molar refractivity (Wildman–Crippen MR) is 609 cm³/mol. The molecule has 0 saturated carbocycles. The second kappa shape index (κ2) is 33.8. The Hall–Kier alpha value is -19.6. The molecule has 30 aromatic rings. The molecule has 0 saturated heterocycles. The molecule has 686 valence electrons. The Kier molecular flexibility index (Phi) is 19.4. The summed E-state index contributed by atoms with van der Waals surface area (Å²) in [4.78, 5) is 40.3. The number of pyridine rings is 2. The summed E-state index contributed by atoms with van der Waals surface area (Å²) in [6.45, 7) is 4.62. The first-order chi connectivity index (χ1) is 72.7. The van der Waals surface area contributed by atoms with Crippen LogP contribution in [0.15, 0.2) is 486 Å². The summed E-state index contributed by atoms with van der Waals surface area (Å²) in [5.74, 6) is 2.04. The lowest BCUT2D eigenvalue weighted by Gasteiger charge is -2.21. The van der Waals surface area contributed by atoms with E-state index < -0.39 is 0 Å². The average Bonchev–Trinajstić information content (AvgIpc) is 1.71. The van der Waals surface area contributed by atoms with Crippen LogP contribution in [0.3, 0.4) is 0 Å². The van der Waals surface area contributed by atoms with Crippen molar-refractivity contribution in [1.82, 2.24) is 58.1 Å². The van der Waals surface area contributed by atoms with Crippen LogP contribution in [0.25, 0.3) is 276 Å². The van der Waals surface area contributed by atoms with Gasteiger partial charge in [0.1, 0.15) is 0 Å². The summed E-state index contributed by atoms with van der Waals surface area (Å²) >= 11 is 0. The number of aromatic nitrogens is 12. The first kappa shape index (κ1) is 84.3. The van der Waals surface area contributed by atoms with Crippen LogP contribution in [-0.4, -0.2) is 58.1 Å². The van der Waals surface area contributed by atoms with Gasteiger partial charge >= 0.3 is 0 Å². The second-order valence-corrected chi connectivity index (χ2v) is 38.8. The zero-order chi connectivity index (χ0) is 97.1. The van der Waals surface area contributed by atoms with E-state index in [1.807, 2.05) is 42.6 Å². The molecule has 9 heterocycles. The van der Waals surface area contributed by atoms with Crippen molar-refractivity contribution in [3.63, 3.8) is 0 Å². The molecule has 0 atom stereocenters. The maximum Gasteiger partial charge on any atom is 0.163 e.